The summed E-state index contributed by atoms with van der Waals surface area (Å²) in [5, 5.41) is 6.34. The first-order chi connectivity index (χ1) is 14.5. The highest BCUT2D eigenvalue weighted by molar-refractivity contribution is 5.92. The number of hydrogen-bond acceptors (Lipinski definition) is 5. The van der Waals surface area contributed by atoms with Crippen LogP contribution < -0.4 is 5.32 Å². The zero-order valence-corrected chi connectivity index (χ0v) is 15.9. The number of likely N-dealkylation sites (tertiary alicyclic amines) is 1. The molecule has 2 aromatic carbocycles. The van der Waals surface area contributed by atoms with E-state index in [4.69, 9.17) is 4.52 Å². The largest absolute Gasteiger partial charge is 0.339 e. The standard InChI is InChI=1S/C21H19F3N4O2/c22-15-5-1-3-13(9-15)20-26-21(30-27-20)14-4-2-8-28(11-14)12-19(29)25-18-10-16(23)6-7-17(18)24/h1,3,5-7,9-10,14H,2,4,8,11-12H2,(H,25,29). The highest BCUT2D eigenvalue weighted by Gasteiger charge is 2.27. The van der Waals surface area contributed by atoms with Gasteiger partial charge in [-0.15, -0.1) is 0 Å². The molecule has 30 heavy (non-hydrogen) atoms. The predicted molar refractivity (Wildman–Crippen MR) is 103 cm³/mol. The van der Waals surface area contributed by atoms with Crippen molar-refractivity contribution in [2.24, 2.45) is 0 Å². The third-order valence-corrected chi connectivity index (χ3v) is 4.95. The summed E-state index contributed by atoms with van der Waals surface area (Å²) in [6.45, 7) is 1.21. The second-order valence-corrected chi connectivity index (χ2v) is 7.21. The molecule has 0 bridgehead atoms. The minimum atomic E-state index is -0.697. The van der Waals surface area contributed by atoms with E-state index < -0.39 is 17.5 Å². The maximum absolute atomic E-state index is 13.7. The Morgan fingerprint density at radius 2 is 2.00 bits per heavy atom. The SMILES string of the molecule is O=C(CN1CCCC(c2nc(-c3cccc(F)c3)no2)C1)Nc1cc(F)ccc1F. The summed E-state index contributed by atoms with van der Waals surface area (Å²) in [6.07, 6.45) is 1.62. The van der Waals surface area contributed by atoms with Crippen LogP contribution in [-0.4, -0.2) is 40.6 Å². The van der Waals surface area contributed by atoms with E-state index in [1.165, 1.54) is 12.1 Å². The van der Waals surface area contributed by atoms with Crippen LogP contribution >= 0.6 is 0 Å². The van der Waals surface area contributed by atoms with E-state index in [1.54, 1.807) is 12.1 Å². The van der Waals surface area contributed by atoms with Crippen LogP contribution in [0.25, 0.3) is 11.4 Å². The molecule has 2 heterocycles. The number of nitrogens with one attached hydrogen (secondary N) is 1. The second kappa shape index (κ2) is 8.66. The fraction of sp³-hybridized carbons (Fsp3) is 0.286. The molecule has 1 fully saturated rings. The molecular weight excluding hydrogens is 397 g/mol. The number of nitrogens with zero attached hydrogens (tertiary/aromatic N) is 3. The van der Waals surface area contributed by atoms with Crippen molar-refractivity contribution < 1.29 is 22.5 Å². The third kappa shape index (κ3) is 4.68. The lowest BCUT2D eigenvalue weighted by molar-refractivity contribution is -0.117. The Balaban J connectivity index is 1.39. The molecule has 0 radical (unpaired) electrons. The lowest BCUT2D eigenvalue weighted by Crippen LogP contribution is -2.40. The monoisotopic (exact) mass is 416 g/mol. The summed E-state index contributed by atoms with van der Waals surface area (Å²) in [5.41, 5.74) is 0.333. The average molecular weight is 416 g/mol. The van der Waals surface area contributed by atoms with Gasteiger partial charge < -0.3 is 9.84 Å². The van der Waals surface area contributed by atoms with Gasteiger partial charge in [0.1, 0.15) is 17.5 Å². The fourth-order valence-corrected chi connectivity index (χ4v) is 3.53. The third-order valence-electron chi connectivity index (χ3n) is 4.95. The highest BCUT2D eigenvalue weighted by Crippen LogP contribution is 2.27. The zero-order valence-electron chi connectivity index (χ0n) is 15.9. The van der Waals surface area contributed by atoms with Crippen molar-refractivity contribution in [3.8, 4) is 11.4 Å². The van der Waals surface area contributed by atoms with Crippen molar-refractivity contribution in [1.29, 1.82) is 0 Å². The van der Waals surface area contributed by atoms with Gasteiger partial charge in [0.15, 0.2) is 0 Å². The number of aromatic nitrogens is 2. The Hall–Kier alpha value is -3.20. The number of halogens is 3. The first-order valence-corrected chi connectivity index (χ1v) is 9.55. The topological polar surface area (TPSA) is 71.3 Å². The number of benzene rings is 2. The smallest absolute Gasteiger partial charge is 0.238 e. The van der Waals surface area contributed by atoms with Crippen LogP contribution in [0.2, 0.25) is 0 Å². The Morgan fingerprint density at radius 3 is 2.83 bits per heavy atom. The van der Waals surface area contributed by atoms with Crippen LogP contribution in [0.5, 0.6) is 0 Å². The number of carbonyl (C=O) groups is 1. The van der Waals surface area contributed by atoms with E-state index in [2.05, 4.69) is 15.5 Å². The van der Waals surface area contributed by atoms with Crippen molar-refractivity contribution >= 4 is 11.6 Å². The van der Waals surface area contributed by atoms with Crippen LogP contribution in [0.4, 0.5) is 18.9 Å². The van der Waals surface area contributed by atoms with Crippen LogP contribution in [0.1, 0.15) is 24.7 Å². The number of hydrogen-bond donors (Lipinski definition) is 1. The molecule has 4 rings (SSSR count). The van der Waals surface area contributed by atoms with Crippen molar-refractivity contribution in [1.82, 2.24) is 15.0 Å². The fourth-order valence-electron chi connectivity index (χ4n) is 3.53. The Kier molecular flexibility index (Phi) is 5.80. The molecule has 9 heteroatoms. The molecule has 1 amide bonds. The minimum Gasteiger partial charge on any atom is -0.339 e. The zero-order chi connectivity index (χ0) is 21.1. The molecule has 1 aliphatic heterocycles. The molecule has 156 valence electrons. The summed E-state index contributed by atoms with van der Waals surface area (Å²) in [5.74, 6) is -1.49. The number of piperidine rings is 1. The van der Waals surface area contributed by atoms with Gasteiger partial charge in [0.05, 0.1) is 18.2 Å². The maximum Gasteiger partial charge on any atom is 0.238 e. The number of rotatable bonds is 5. The number of amides is 1. The summed E-state index contributed by atoms with van der Waals surface area (Å²) in [4.78, 5) is 18.6. The van der Waals surface area contributed by atoms with Crippen molar-refractivity contribution in [2.75, 3.05) is 25.0 Å². The molecule has 1 aromatic heterocycles. The molecule has 0 spiro atoms. The molecule has 1 aliphatic rings. The normalized spacial score (nSPS) is 17.1. The van der Waals surface area contributed by atoms with E-state index in [-0.39, 0.29) is 24.0 Å². The Bertz CT molecular complexity index is 1060. The maximum atomic E-state index is 13.7. The van der Waals surface area contributed by atoms with Crippen LogP contribution in [0.15, 0.2) is 47.0 Å². The van der Waals surface area contributed by atoms with Crippen molar-refractivity contribution in [2.45, 2.75) is 18.8 Å². The quantitative estimate of drug-likeness (QED) is 0.682. The highest BCUT2D eigenvalue weighted by atomic mass is 19.1. The van der Waals surface area contributed by atoms with E-state index in [9.17, 15) is 18.0 Å². The van der Waals surface area contributed by atoms with Gasteiger partial charge in [-0.2, -0.15) is 4.98 Å². The van der Waals surface area contributed by atoms with Gasteiger partial charge in [-0.3, -0.25) is 9.69 Å². The molecule has 3 aromatic rings. The average Bonchev–Trinajstić information content (AvgIpc) is 3.21. The van der Waals surface area contributed by atoms with Gasteiger partial charge >= 0.3 is 0 Å². The number of anilines is 1. The van der Waals surface area contributed by atoms with Gasteiger partial charge in [-0.1, -0.05) is 17.3 Å². The Morgan fingerprint density at radius 1 is 1.17 bits per heavy atom. The van der Waals surface area contributed by atoms with Crippen LogP contribution in [0, 0.1) is 17.5 Å². The van der Waals surface area contributed by atoms with E-state index in [0.717, 1.165) is 31.0 Å². The summed E-state index contributed by atoms with van der Waals surface area (Å²) >= 11 is 0. The summed E-state index contributed by atoms with van der Waals surface area (Å²) in [7, 11) is 0. The second-order valence-electron chi connectivity index (χ2n) is 7.21. The van der Waals surface area contributed by atoms with Gasteiger partial charge in [0.25, 0.3) is 0 Å². The first kappa shape index (κ1) is 20.1. The van der Waals surface area contributed by atoms with Gasteiger partial charge in [0.2, 0.25) is 17.6 Å². The van der Waals surface area contributed by atoms with E-state index in [0.29, 0.717) is 30.4 Å². The molecule has 0 saturated carbocycles. The lowest BCUT2D eigenvalue weighted by atomic mass is 9.98. The van der Waals surface area contributed by atoms with Crippen molar-refractivity contribution in [3.63, 3.8) is 0 Å². The Labute approximate surface area is 170 Å². The van der Waals surface area contributed by atoms with E-state index >= 15 is 0 Å². The molecule has 0 aliphatic carbocycles. The number of carbonyl (C=O) groups excluding carboxylic acids is 1. The summed E-state index contributed by atoms with van der Waals surface area (Å²) < 4.78 is 45.8. The minimum absolute atomic E-state index is 0.0251. The van der Waals surface area contributed by atoms with Crippen LogP contribution in [0.3, 0.4) is 0 Å². The molecule has 1 saturated heterocycles. The molecule has 1 unspecified atom stereocenters. The molecule has 6 nitrogen and oxygen atoms in total. The summed E-state index contributed by atoms with van der Waals surface area (Å²) in [6, 6.07) is 8.83. The van der Waals surface area contributed by atoms with Gasteiger partial charge in [-0.05, 0) is 43.7 Å². The molecular formula is C21H19F3N4O2. The predicted octanol–water partition coefficient (Wildman–Crippen LogP) is 3.97. The van der Waals surface area contributed by atoms with Crippen molar-refractivity contribution in [3.05, 3.63) is 65.8 Å². The van der Waals surface area contributed by atoms with E-state index in [1.807, 2.05) is 4.90 Å². The first-order valence-electron chi connectivity index (χ1n) is 9.55. The molecule has 1 N–H and O–H groups in total. The lowest BCUT2D eigenvalue weighted by Gasteiger charge is -2.30. The van der Waals surface area contributed by atoms with Gasteiger partial charge in [-0.25, -0.2) is 13.2 Å². The van der Waals surface area contributed by atoms with Crippen LogP contribution in [-0.2, 0) is 4.79 Å². The molecule has 1 atom stereocenters. The van der Waals surface area contributed by atoms with Gasteiger partial charge in [0, 0.05) is 18.2 Å².